The van der Waals surface area contributed by atoms with Crippen LogP contribution in [0.15, 0.2) is 41.0 Å². The highest BCUT2D eigenvalue weighted by molar-refractivity contribution is 6.04. The molecule has 1 aliphatic carbocycles. The molecule has 1 aromatic carbocycles. The molecule has 2 aromatic rings. The van der Waals surface area contributed by atoms with Crippen LogP contribution in [0.25, 0.3) is 0 Å². The van der Waals surface area contributed by atoms with Crippen molar-refractivity contribution < 1.29 is 28.3 Å². The van der Waals surface area contributed by atoms with Crippen molar-refractivity contribution in [1.82, 2.24) is 10.6 Å². The van der Waals surface area contributed by atoms with Crippen LogP contribution in [0, 0.1) is 11.7 Å². The van der Waals surface area contributed by atoms with Crippen molar-refractivity contribution in [2.75, 3.05) is 24.5 Å². The minimum atomic E-state index is -1.28. The number of aliphatic hydroxyl groups is 1. The summed E-state index contributed by atoms with van der Waals surface area (Å²) in [5, 5.41) is 15.4. The van der Waals surface area contributed by atoms with Crippen LogP contribution in [0.3, 0.4) is 0 Å². The summed E-state index contributed by atoms with van der Waals surface area (Å²) in [4.78, 5) is 39.2. The maximum atomic E-state index is 14.4. The number of piperidine rings is 1. The molecule has 1 atom stereocenters. The summed E-state index contributed by atoms with van der Waals surface area (Å²) in [7, 11) is 0. The number of Topliss-reactive ketones (excluding diaryl/α,β-unsaturated/α-hetero) is 1. The van der Waals surface area contributed by atoms with Crippen LogP contribution in [0.2, 0.25) is 0 Å². The third-order valence-electron chi connectivity index (χ3n) is 6.41. The van der Waals surface area contributed by atoms with Crippen LogP contribution in [0.1, 0.15) is 53.5 Å². The summed E-state index contributed by atoms with van der Waals surface area (Å²) in [6, 6.07) is 7.64. The number of ketones is 1. The molecule has 0 radical (unpaired) electrons. The molecular formula is C24H28FN3O5. The lowest BCUT2D eigenvalue weighted by Gasteiger charge is -2.35. The molecule has 2 amide bonds. The maximum Gasteiger partial charge on any atom is 0.287 e. The molecule has 2 fully saturated rings. The Morgan fingerprint density at radius 1 is 1.21 bits per heavy atom. The van der Waals surface area contributed by atoms with Crippen LogP contribution in [-0.2, 0) is 4.79 Å². The quantitative estimate of drug-likeness (QED) is 0.525. The van der Waals surface area contributed by atoms with Gasteiger partial charge in [0.25, 0.3) is 5.91 Å². The lowest BCUT2D eigenvalue weighted by Crippen LogP contribution is -2.50. The molecule has 4 rings (SSSR count). The van der Waals surface area contributed by atoms with Gasteiger partial charge in [-0.3, -0.25) is 14.4 Å². The van der Waals surface area contributed by atoms with Gasteiger partial charge in [-0.15, -0.1) is 0 Å². The first-order valence-electron chi connectivity index (χ1n) is 11.2. The predicted octanol–water partition coefficient (Wildman–Crippen LogP) is 2.28. The second kappa shape index (κ2) is 9.35. The Hall–Kier alpha value is -3.20. The first kappa shape index (κ1) is 23.0. The zero-order chi connectivity index (χ0) is 23.6. The molecule has 1 aliphatic heterocycles. The lowest BCUT2D eigenvalue weighted by atomic mass is 9.94. The molecule has 9 heteroatoms. The van der Waals surface area contributed by atoms with Gasteiger partial charge in [0, 0.05) is 19.6 Å². The molecule has 2 aliphatic rings. The number of nitrogens with zero attached hydrogens (tertiary/aromatic N) is 1. The Labute approximate surface area is 191 Å². The second-order valence-corrected chi connectivity index (χ2v) is 8.83. The van der Waals surface area contributed by atoms with E-state index in [2.05, 4.69) is 10.6 Å². The number of benzene rings is 1. The van der Waals surface area contributed by atoms with E-state index in [9.17, 15) is 23.9 Å². The number of halogens is 1. The Morgan fingerprint density at radius 2 is 1.94 bits per heavy atom. The molecule has 2 heterocycles. The molecule has 1 saturated carbocycles. The number of hydrogen-bond acceptors (Lipinski definition) is 6. The van der Waals surface area contributed by atoms with Crippen LogP contribution < -0.4 is 15.5 Å². The number of furan rings is 1. The number of carbonyl (C=O) groups excluding carboxylic acids is 3. The summed E-state index contributed by atoms with van der Waals surface area (Å²) in [6.07, 6.45) is 2.81. The molecule has 8 nitrogen and oxygen atoms in total. The highest BCUT2D eigenvalue weighted by atomic mass is 19.1. The van der Waals surface area contributed by atoms with Gasteiger partial charge in [-0.2, -0.15) is 0 Å². The van der Waals surface area contributed by atoms with E-state index in [-0.39, 0.29) is 23.1 Å². The van der Waals surface area contributed by atoms with Gasteiger partial charge < -0.3 is 25.1 Å². The number of rotatable bonds is 8. The van der Waals surface area contributed by atoms with Crippen molar-refractivity contribution in [3.8, 4) is 0 Å². The third-order valence-corrected chi connectivity index (χ3v) is 6.41. The van der Waals surface area contributed by atoms with Gasteiger partial charge in [0.1, 0.15) is 17.5 Å². The monoisotopic (exact) mass is 457 g/mol. The number of anilines is 1. The summed E-state index contributed by atoms with van der Waals surface area (Å²) in [6.45, 7) is 3.01. The molecule has 0 spiro atoms. The molecule has 176 valence electrons. The van der Waals surface area contributed by atoms with Gasteiger partial charge >= 0.3 is 0 Å². The number of aliphatic hydroxyl groups excluding tert-OH is 1. The van der Waals surface area contributed by atoms with Crippen molar-refractivity contribution in [2.45, 2.75) is 44.2 Å². The van der Waals surface area contributed by atoms with E-state index >= 15 is 0 Å². The molecule has 3 N–H and O–H groups in total. The van der Waals surface area contributed by atoms with Gasteiger partial charge in [0.2, 0.25) is 5.91 Å². The zero-order valence-corrected chi connectivity index (χ0v) is 18.5. The number of carbonyl (C=O) groups is 3. The predicted molar refractivity (Wildman–Crippen MR) is 118 cm³/mol. The Bertz CT molecular complexity index is 1020. The van der Waals surface area contributed by atoms with Gasteiger partial charge in [-0.1, -0.05) is 6.07 Å². The Kier molecular flexibility index (Phi) is 6.51. The largest absolute Gasteiger partial charge is 0.459 e. The van der Waals surface area contributed by atoms with E-state index in [1.165, 1.54) is 19.3 Å². The van der Waals surface area contributed by atoms with E-state index in [0.29, 0.717) is 38.2 Å². The highest BCUT2D eigenvalue weighted by Crippen LogP contribution is 2.36. The van der Waals surface area contributed by atoms with Crippen LogP contribution in [0.5, 0.6) is 0 Å². The minimum absolute atomic E-state index is 0.0813. The SMILES string of the molecule is CC(O)C(=O)c1c(F)cccc1N1CCC(CNC(=O)C2(NC(=O)c3ccco3)CC2)CC1. The fraction of sp³-hybridized carbons (Fsp3) is 0.458. The highest BCUT2D eigenvalue weighted by Gasteiger charge is 2.51. The summed E-state index contributed by atoms with van der Waals surface area (Å²) in [5.41, 5.74) is -0.467. The molecule has 1 aromatic heterocycles. The Morgan fingerprint density at radius 3 is 2.55 bits per heavy atom. The fourth-order valence-corrected chi connectivity index (χ4v) is 4.23. The van der Waals surface area contributed by atoms with Crippen molar-refractivity contribution >= 4 is 23.3 Å². The van der Waals surface area contributed by atoms with Crippen LogP contribution in [-0.4, -0.2) is 54.0 Å². The zero-order valence-electron chi connectivity index (χ0n) is 18.5. The normalized spacial score (nSPS) is 18.5. The summed E-state index contributed by atoms with van der Waals surface area (Å²) in [5.74, 6) is -1.47. The lowest BCUT2D eigenvalue weighted by molar-refractivity contribution is -0.124. The van der Waals surface area contributed by atoms with Crippen LogP contribution in [0.4, 0.5) is 10.1 Å². The third kappa shape index (κ3) is 4.93. The van der Waals surface area contributed by atoms with Gasteiger partial charge in [0.05, 0.1) is 17.5 Å². The van der Waals surface area contributed by atoms with Gasteiger partial charge in [-0.25, -0.2) is 4.39 Å². The van der Waals surface area contributed by atoms with E-state index < -0.39 is 29.2 Å². The molecule has 1 saturated heterocycles. The van der Waals surface area contributed by atoms with Crippen molar-refractivity contribution in [1.29, 1.82) is 0 Å². The Balaban J connectivity index is 1.30. The maximum absolute atomic E-state index is 14.4. The summed E-state index contributed by atoms with van der Waals surface area (Å²) >= 11 is 0. The number of amides is 2. The van der Waals surface area contributed by atoms with E-state index in [1.54, 1.807) is 24.3 Å². The van der Waals surface area contributed by atoms with Gasteiger partial charge in [0.15, 0.2) is 11.5 Å². The topological polar surface area (TPSA) is 112 Å². The standard InChI is InChI=1S/C24H28FN3O5/c1-15(29)21(30)20-17(25)4-2-5-18(20)28-11-7-16(8-12-28)14-26-23(32)24(9-10-24)27-22(31)19-6-3-13-33-19/h2-6,13,15-16,29H,7-12,14H2,1H3,(H,26,32)(H,27,31). The minimum Gasteiger partial charge on any atom is -0.459 e. The molecule has 0 bridgehead atoms. The van der Waals surface area contributed by atoms with E-state index in [4.69, 9.17) is 4.42 Å². The molecular weight excluding hydrogens is 429 g/mol. The van der Waals surface area contributed by atoms with Crippen molar-refractivity contribution in [3.63, 3.8) is 0 Å². The number of nitrogens with one attached hydrogen (secondary N) is 2. The van der Waals surface area contributed by atoms with Crippen molar-refractivity contribution in [3.05, 3.63) is 53.7 Å². The van der Waals surface area contributed by atoms with Crippen LogP contribution >= 0.6 is 0 Å². The van der Waals surface area contributed by atoms with E-state index in [0.717, 1.165) is 12.8 Å². The average molecular weight is 458 g/mol. The fourth-order valence-electron chi connectivity index (χ4n) is 4.23. The van der Waals surface area contributed by atoms with Gasteiger partial charge in [-0.05, 0) is 62.8 Å². The van der Waals surface area contributed by atoms with E-state index in [1.807, 2.05) is 4.90 Å². The number of hydrogen-bond donors (Lipinski definition) is 3. The molecule has 33 heavy (non-hydrogen) atoms. The average Bonchev–Trinajstić information content (AvgIpc) is 3.37. The molecule has 1 unspecified atom stereocenters. The second-order valence-electron chi connectivity index (χ2n) is 8.83. The first-order valence-corrected chi connectivity index (χ1v) is 11.2. The first-order chi connectivity index (χ1) is 15.8. The smallest absolute Gasteiger partial charge is 0.287 e. The summed E-state index contributed by atoms with van der Waals surface area (Å²) < 4.78 is 19.4. The van der Waals surface area contributed by atoms with Crippen molar-refractivity contribution in [2.24, 2.45) is 5.92 Å².